The van der Waals surface area contributed by atoms with Crippen LogP contribution in [0.5, 0.6) is 11.5 Å². The number of carbonyl (C=O) groups excluding carboxylic acids is 3. The van der Waals surface area contributed by atoms with Crippen LogP contribution >= 0.6 is 0 Å². The zero-order valence-electron chi connectivity index (χ0n) is 18.9. The predicted octanol–water partition coefficient (Wildman–Crippen LogP) is 2.62. The minimum Gasteiger partial charge on any atom is -0.507 e. The van der Waals surface area contributed by atoms with Gasteiger partial charge in [-0.05, 0) is 26.7 Å². The quantitative estimate of drug-likeness (QED) is 0.502. The Morgan fingerprint density at radius 3 is 2.24 bits per heavy atom. The average Bonchev–Trinajstić information content (AvgIpc) is 2.81. The molecular formula is C26H26O8. The molecule has 2 aliphatic carbocycles. The molecule has 8 nitrogen and oxygen atoms in total. The zero-order valence-corrected chi connectivity index (χ0v) is 18.9. The fourth-order valence-corrected chi connectivity index (χ4v) is 5.30. The highest BCUT2D eigenvalue weighted by atomic mass is 16.6. The van der Waals surface area contributed by atoms with Crippen LogP contribution in [0.2, 0.25) is 0 Å². The summed E-state index contributed by atoms with van der Waals surface area (Å²) in [5.41, 5.74) is 0.268. The van der Waals surface area contributed by atoms with Crippen molar-refractivity contribution in [3.05, 3.63) is 57.6 Å². The monoisotopic (exact) mass is 466 g/mol. The Balaban J connectivity index is 1.64. The molecule has 2 aromatic rings. The van der Waals surface area contributed by atoms with Gasteiger partial charge in [0.15, 0.2) is 11.6 Å². The normalized spacial score (nSPS) is 28.1. The number of carbonyl (C=O) groups is 3. The van der Waals surface area contributed by atoms with Gasteiger partial charge < -0.3 is 24.8 Å². The zero-order chi connectivity index (χ0) is 24.3. The summed E-state index contributed by atoms with van der Waals surface area (Å²) in [4.78, 5) is 38.8. The van der Waals surface area contributed by atoms with Gasteiger partial charge in [-0.2, -0.15) is 0 Å². The van der Waals surface area contributed by atoms with Crippen molar-refractivity contribution in [2.24, 2.45) is 5.92 Å². The molecule has 0 radical (unpaired) electrons. The number of fused-ring (bicyclic) bond motifs is 3. The number of hydrogen-bond donors (Lipinski definition) is 3. The van der Waals surface area contributed by atoms with Crippen LogP contribution in [-0.2, 0) is 20.7 Å². The lowest BCUT2D eigenvalue weighted by atomic mass is 9.74. The van der Waals surface area contributed by atoms with E-state index in [-0.39, 0.29) is 64.7 Å². The van der Waals surface area contributed by atoms with Crippen LogP contribution in [0, 0.1) is 5.92 Å². The van der Waals surface area contributed by atoms with E-state index in [1.54, 1.807) is 19.1 Å². The highest BCUT2D eigenvalue weighted by Crippen LogP contribution is 2.51. The highest BCUT2D eigenvalue weighted by molar-refractivity contribution is 6.30. The van der Waals surface area contributed by atoms with E-state index < -0.39 is 47.3 Å². The van der Waals surface area contributed by atoms with E-state index in [1.807, 2.05) is 0 Å². The van der Waals surface area contributed by atoms with Gasteiger partial charge >= 0.3 is 0 Å². The van der Waals surface area contributed by atoms with Gasteiger partial charge in [-0.1, -0.05) is 24.3 Å². The van der Waals surface area contributed by atoms with E-state index in [0.717, 1.165) is 0 Å². The third-order valence-electron chi connectivity index (χ3n) is 7.25. The van der Waals surface area contributed by atoms with Gasteiger partial charge in [-0.3, -0.25) is 14.4 Å². The number of aromatic hydroxyl groups is 2. The molecule has 5 atom stereocenters. The van der Waals surface area contributed by atoms with E-state index in [4.69, 9.17) is 9.47 Å². The van der Waals surface area contributed by atoms with Crippen LogP contribution in [-0.4, -0.2) is 57.6 Å². The average molecular weight is 466 g/mol. The summed E-state index contributed by atoms with van der Waals surface area (Å²) in [5.74, 6) is -2.54. The standard InChI is InChI=1S/C26H26O8/c1-11(27)13-7-17-20(19(8-13)34-14-9-18(28)12(2)33-10-14)26(32)22-21(25(17)31)23(29)15-5-3-4-6-16(15)24(22)30/h3-6,12-14,18-19,28,31-32H,7-10H2,1-2H3/t12-,13+,14-,18-,19-/m0/s1. The number of aliphatic hydroxyl groups is 1. The van der Waals surface area contributed by atoms with Gasteiger partial charge in [-0.25, -0.2) is 0 Å². The first kappa shape index (κ1) is 22.7. The smallest absolute Gasteiger partial charge is 0.198 e. The third kappa shape index (κ3) is 3.45. The molecule has 0 spiro atoms. The Morgan fingerprint density at radius 2 is 1.65 bits per heavy atom. The summed E-state index contributed by atoms with van der Waals surface area (Å²) in [6.45, 7) is 3.43. The predicted molar refractivity (Wildman–Crippen MR) is 119 cm³/mol. The maximum atomic E-state index is 13.3. The Morgan fingerprint density at radius 1 is 1.03 bits per heavy atom. The van der Waals surface area contributed by atoms with Crippen LogP contribution in [0.4, 0.5) is 0 Å². The molecule has 3 N–H and O–H groups in total. The summed E-state index contributed by atoms with van der Waals surface area (Å²) in [6, 6.07) is 6.27. The maximum Gasteiger partial charge on any atom is 0.198 e. The fourth-order valence-electron chi connectivity index (χ4n) is 5.30. The fraction of sp³-hybridized carbons (Fsp3) is 0.423. The lowest BCUT2D eigenvalue weighted by molar-refractivity contribution is -0.156. The van der Waals surface area contributed by atoms with Crippen LogP contribution in [0.3, 0.4) is 0 Å². The minimum atomic E-state index is -0.830. The van der Waals surface area contributed by atoms with Crippen molar-refractivity contribution < 1.29 is 39.2 Å². The molecule has 3 aliphatic rings. The van der Waals surface area contributed by atoms with Crippen LogP contribution < -0.4 is 0 Å². The number of phenolic OH excluding ortho intramolecular Hbond substituents is 2. The number of Topliss-reactive ketones (excluding diaryl/α,β-unsaturated/α-hetero) is 1. The highest BCUT2D eigenvalue weighted by Gasteiger charge is 2.43. The summed E-state index contributed by atoms with van der Waals surface area (Å²) in [6.07, 6.45) is -1.76. The Kier molecular flexibility index (Phi) is 5.55. The number of hydrogen-bond acceptors (Lipinski definition) is 8. The topological polar surface area (TPSA) is 130 Å². The van der Waals surface area contributed by atoms with Crippen molar-refractivity contribution in [1.82, 2.24) is 0 Å². The van der Waals surface area contributed by atoms with E-state index in [2.05, 4.69) is 0 Å². The second-order valence-corrected chi connectivity index (χ2v) is 9.38. The molecule has 1 fully saturated rings. The lowest BCUT2D eigenvalue weighted by Crippen LogP contribution is -2.41. The molecule has 2 aromatic carbocycles. The summed E-state index contributed by atoms with van der Waals surface area (Å²) >= 11 is 0. The number of benzene rings is 2. The Bertz CT molecular complexity index is 1220. The molecule has 0 amide bonds. The van der Waals surface area contributed by atoms with Gasteiger partial charge in [0.05, 0.1) is 42.1 Å². The molecule has 1 heterocycles. The number of phenols is 2. The number of ether oxygens (including phenoxy) is 2. The van der Waals surface area contributed by atoms with Crippen molar-refractivity contribution in [1.29, 1.82) is 0 Å². The number of rotatable bonds is 3. The van der Waals surface area contributed by atoms with Gasteiger partial charge in [-0.15, -0.1) is 0 Å². The minimum absolute atomic E-state index is 0.112. The first-order valence-electron chi connectivity index (χ1n) is 11.4. The molecule has 8 heteroatoms. The van der Waals surface area contributed by atoms with Crippen molar-refractivity contribution in [2.75, 3.05) is 6.61 Å². The molecule has 178 valence electrons. The second-order valence-electron chi connectivity index (χ2n) is 9.38. The van der Waals surface area contributed by atoms with E-state index in [9.17, 15) is 29.7 Å². The van der Waals surface area contributed by atoms with Crippen molar-refractivity contribution in [2.45, 2.75) is 57.5 Å². The summed E-state index contributed by atoms with van der Waals surface area (Å²) in [5, 5.41) is 32.7. The molecule has 1 saturated heterocycles. The van der Waals surface area contributed by atoms with Crippen molar-refractivity contribution >= 4 is 17.3 Å². The SMILES string of the molecule is CC(=O)[C@@H]1Cc2c(O)c3c(c(O)c2[C@@H](O[C@@H]2CO[C@@H](C)[C@@H](O)C2)C1)C(=O)c1ccccc1C3=O. The summed E-state index contributed by atoms with van der Waals surface area (Å²) in [7, 11) is 0. The molecule has 0 bridgehead atoms. The number of ketones is 3. The van der Waals surface area contributed by atoms with Crippen molar-refractivity contribution in [3.63, 3.8) is 0 Å². The second kappa shape index (κ2) is 8.30. The first-order valence-corrected chi connectivity index (χ1v) is 11.4. The molecular weight excluding hydrogens is 440 g/mol. The van der Waals surface area contributed by atoms with Gasteiger partial charge in [0, 0.05) is 34.6 Å². The summed E-state index contributed by atoms with van der Waals surface area (Å²) < 4.78 is 11.8. The Labute approximate surface area is 196 Å². The molecule has 34 heavy (non-hydrogen) atoms. The van der Waals surface area contributed by atoms with E-state index in [1.165, 1.54) is 19.1 Å². The van der Waals surface area contributed by atoms with E-state index in [0.29, 0.717) is 6.42 Å². The number of aliphatic hydroxyl groups excluding tert-OH is 1. The van der Waals surface area contributed by atoms with Crippen LogP contribution in [0.15, 0.2) is 24.3 Å². The first-order chi connectivity index (χ1) is 16.2. The van der Waals surface area contributed by atoms with Gasteiger partial charge in [0.2, 0.25) is 0 Å². The molecule has 0 unspecified atom stereocenters. The van der Waals surface area contributed by atoms with E-state index >= 15 is 0 Å². The van der Waals surface area contributed by atoms with Crippen LogP contribution in [0.25, 0.3) is 0 Å². The molecule has 0 aromatic heterocycles. The third-order valence-corrected chi connectivity index (χ3v) is 7.25. The molecule has 1 aliphatic heterocycles. The maximum absolute atomic E-state index is 13.3. The van der Waals surface area contributed by atoms with Crippen LogP contribution in [0.1, 0.15) is 75.8 Å². The van der Waals surface area contributed by atoms with Gasteiger partial charge in [0.25, 0.3) is 0 Å². The Hall–Kier alpha value is -3.07. The lowest BCUT2D eigenvalue weighted by Gasteiger charge is -2.38. The van der Waals surface area contributed by atoms with Crippen molar-refractivity contribution in [3.8, 4) is 11.5 Å². The largest absolute Gasteiger partial charge is 0.507 e. The van der Waals surface area contributed by atoms with Gasteiger partial charge in [0.1, 0.15) is 17.3 Å². The molecule has 0 saturated carbocycles. The molecule has 5 rings (SSSR count).